The van der Waals surface area contributed by atoms with Crippen LogP contribution in [0.25, 0.3) is 0 Å². The Hall–Kier alpha value is -2.67. The highest BCUT2D eigenvalue weighted by atomic mass is 32.1. The monoisotopic (exact) mass is 366 g/mol. The first-order valence-corrected chi connectivity index (χ1v) is 9.60. The maximum absolute atomic E-state index is 12.2. The third kappa shape index (κ3) is 3.48. The van der Waals surface area contributed by atoms with Crippen LogP contribution in [0.5, 0.6) is 0 Å². The highest BCUT2D eigenvalue weighted by Gasteiger charge is 2.28. The molecular weight excluding hydrogens is 348 g/mol. The lowest BCUT2D eigenvalue weighted by molar-refractivity contribution is -0.115. The van der Waals surface area contributed by atoms with E-state index in [0.717, 1.165) is 48.1 Å². The Bertz CT molecular complexity index is 902. The molecule has 0 fully saturated rings. The van der Waals surface area contributed by atoms with Gasteiger partial charge in [-0.05, 0) is 49.0 Å². The molecule has 7 heteroatoms. The Balaban J connectivity index is 1.50. The van der Waals surface area contributed by atoms with E-state index in [9.17, 15) is 9.59 Å². The van der Waals surface area contributed by atoms with Gasteiger partial charge in [0, 0.05) is 23.1 Å². The quantitative estimate of drug-likeness (QED) is 0.881. The van der Waals surface area contributed by atoms with Gasteiger partial charge in [0.05, 0.1) is 11.6 Å². The molecule has 1 aromatic carbocycles. The highest BCUT2D eigenvalue weighted by molar-refractivity contribution is 7.07. The summed E-state index contributed by atoms with van der Waals surface area (Å²) in [4.78, 5) is 28.1. The number of benzene rings is 1. The van der Waals surface area contributed by atoms with Crippen molar-refractivity contribution >= 4 is 28.8 Å². The molecule has 1 N–H and O–H groups in total. The Morgan fingerprint density at radius 3 is 3.00 bits per heavy atom. The van der Waals surface area contributed by atoms with Gasteiger partial charge in [-0.15, -0.1) is 16.5 Å². The fraction of sp³-hybridized carbons (Fsp3) is 0.316. The zero-order chi connectivity index (χ0) is 17.9. The molecule has 0 saturated carbocycles. The van der Waals surface area contributed by atoms with E-state index in [1.54, 1.807) is 10.9 Å². The Morgan fingerprint density at radius 1 is 1.27 bits per heavy atom. The molecule has 1 atom stereocenters. The fourth-order valence-electron chi connectivity index (χ4n) is 3.48. The highest BCUT2D eigenvalue weighted by Crippen LogP contribution is 2.33. The van der Waals surface area contributed by atoms with E-state index in [1.165, 1.54) is 11.3 Å². The van der Waals surface area contributed by atoms with Crippen molar-refractivity contribution in [3.8, 4) is 0 Å². The van der Waals surface area contributed by atoms with Crippen LogP contribution in [0.4, 0.5) is 5.69 Å². The number of anilines is 1. The average molecular weight is 366 g/mol. The Kier molecular flexibility index (Phi) is 4.71. The molecule has 2 heterocycles. The zero-order valence-corrected chi connectivity index (χ0v) is 15.0. The van der Waals surface area contributed by atoms with Crippen LogP contribution in [-0.4, -0.2) is 22.8 Å². The molecule has 2 aromatic rings. The molecule has 0 radical (unpaired) electrons. The Labute approximate surface area is 155 Å². The van der Waals surface area contributed by atoms with Crippen LogP contribution in [0.2, 0.25) is 0 Å². The third-order valence-corrected chi connectivity index (χ3v) is 5.32. The van der Waals surface area contributed by atoms with Crippen molar-refractivity contribution in [3.05, 3.63) is 57.6 Å². The van der Waals surface area contributed by atoms with Crippen LogP contribution in [0.15, 0.2) is 56.5 Å². The molecule has 6 nitrogen and oxygen atoms in total. The van der Waals surface area contributed by atoms with Gasteiger partial charge in [-0.1, -0.05) is 12.1 Å². The molecule has 2 aliphatic rings. The predicted octanol–water partition coefficient (Wildman–Crippen LogP) is 4.17. The molecule has 1 unspecified atom stereocenters. The van der Waals surface area contributed by atoms with Crippen LogP contribution in [0.3, 0.4) is 0 Å². The van der Waals surface area contributed by atoms with Gasteiger partial charge < -0.3 is 5.32 Å². The van der Waals surface area contributed by atoms with E-state index in [2.05, 4.69) is 20.5 Å². The second-order valence-corrected chi connectivity index (χ2v) is 7.20. The minimum absolute atomic E-state index is 0.0764. The summed E-state index contributed by atoms with van der Waals surface area (Å²) in [6.45, 7) is 0. The van der Waals surface area contributed by atoms with Crippen molar-refractivity contribution in [1.82, 2.24) is 4.98 Å². The van der Waals surface area contributed by atoms with Crippen molar-refractivity contribution in [2.45, 2.75) is 38.1 Å². The second-order valence-electron chi connectivity index (χ2n) is 6.48. The summed E-state index contributed by atoms with van der Waals surface area (Å²) in [6, 6.07) is 7.64. The summed E-state index contributed by atoms with van der Waals surface area (Å²) < 4.78 is 0. The number of nitrogens with zero attached hydrogens (tertiary/aromatic N) is 3. The first-order valence-electron chi connectivity index (χ1n) is 8.66. The van der Waals surface area contributed by atoms with E-state index in [0.29, 0.717) is 12.1 Å². The minimum atomic E-state index is -0.219. The normalized spacial score (nSPS) is 19.4. The molecule has 0 bridgehead atoms. The number of carbonyl (C=O) groups excluding carboxylic acids is 2. The summed E-state index contributed by atoms with van der Waals surface area (Å²) >= 11 is 1.39. The first-order chi connectivity index (χ1) is 12.7. The van der Waals surface area contributed by atoms with Crippen LogP contribution < -0.4 is 5.32 Å². The number of hydrogen-bond donors (Lipinski definition) is 1. The van der Waals surface area contributed by atoms with Crippen molar-refractivity contribution in [2.24, 2.45) is 10.2 Å². The Morgan fingerprint density at radius 2 is 2.15 bits per heavy atom. The van der Waals surface area contributed by atoms with Gasteiger partial charge in [-0.3, -0.25) is 9.59 Å². The largest absolute Gasteiger partial charge is 0.321 e. The summed E-state index contributed by atoms with van der Waals surface area (Å²) in [5.41, 5.74) is 5.84. The van der Waals surface area contributed by atoms with Crippen LogP contribution in [0.1, 0.15) is 41.7 Å². The van der Waals surface area contributed by atoms with Gasteiger partial charge in [-0.2, -0.15) is 5.11 Å². The van der Waals surface area contributed by atoms with Crippen LogP contribution in [0, 0.1) is 0 Å². The zero-order valence-electron chi connectivity index (χ0n) is 14.1. The maximum Gasteiger partial charge on any atom is 0.291 e. The number of nitrogens with one attached hydrogen (secondary N) is 1. The standard InChI is InChI=1S/C19H18N4O2S/c24-18-15-7-2-1-6-14(15)16(22-23-18)9-12-4-3-5-13(8-12)21-19(25)17-10-26-11-20-17/h3-5,8,10-11,16H,1-2,6-7,9H2,(H,21,25). The van der Waals surface area contributed by atoms with Crippen molar-refractivity contribution in [3.63, 3.8) is 0 Å². The molecule has 0 saturated heterocycles. The molecule has 26 heavy (non-hydrogen) atoms. The summed E-state index contributed by atoms with van der Waals surface area (Å²) in [7, 11) is 0. The number of carbonyl (C=O) groups is 2. The summed E-state index contributed by atoms with van der Waals surface area (Å²) in [6.07, 6.45) is 4.56. The predicted molar refractivity (Wildman–Crippen MR) is 99.4 cm³/mol. The third-order valence-electron chi connectivity index (χ3n) is 4.74. The smallest absolute Gasteiger partial charge is 0.291 e. The van der Waals surface area contributed by atoms with E-state index in [-0.39, 0.29) is 17.9 Å². The van der Waals surface area contributed by atoms with Crippen LogP contribution >= 0.6 is 11.3 Å². The fourth-order valence-corrected chi connectivity index (χ4v) is 4.01. The molecule has 1 aliphatic carbocycles. The maximum atomic E-state index is 12.2. The van der Waals surface area contributed by atoms with Gasteiger partial charge in [0.15, 0.2) is 0 Å². The minimum Gasteiger partial charge on any atom is -0.321 e. The topological polar surface area (TPSA) is 83.8 Å². The molecule has 4 rings (SSSR count). The van der Waals surface area contributed by atoms with Crippen molar-refractivity contribution in [2.75, 3.05) is 5.32 Å². The number of amides is 2. The number of aromatic nitrogens is 1. The number of thiazole rings is 1. The lowest BCUT2D eigenvalue weighted by Crippen LogP contribution is -2.23. The molecule has 1 aromatic heterocycles. The lowest BCUT2D eigenvalue weighted by atomic mass is 9.84. The molecule has 2 amide bonds. The van der Waals surface area contributed by atoms with Crippen molar-refractivity contribution < 1.29 is 9.59 Å². The number of azo groups is 1. The van der Waals surface area contributed by atoms with Crippen LogP contribution in [-0.2, 0) is 11.2 Å². The summed E-state index contributed by atoms with van der Waals surface area (Å²) in [5, 5.41) is 12.7. The molecule has 1 aliphatic heterocycles. The van der Waals surface area contributed by atoms with Crippen molar-refractivity contribution in [1.29, 1.82) is 0 Å². The molecule has 0 spiro atoms. The van der Waals surface area contributed by atoms with E-state index >= 15 is 0 Å². The molecular formula is C19H18N4O2S. The van der Waals surface area contributed by atoms with Gasteiger partial charge in [0.2, 0.25) is 0 Å². The SMILES string of the molecule is O=C1N=NC(Cc2cccc(NC(=O)c3cscn3)c2)C2=C1CCCC2. The number of hydrogen-bond acceptors (Lipinski definition) is 5. The van der Waals surface area contributed by atoms with E-state index < -0.39 is 0 Å². The summed E-state index contributed by atoms with van der Waals surface area (Å²) in [5.74, 6) is -0.385. The molecule has 132 valence electrons. The van der Waals surface area contributed by atoms with E-state index in [4.69, 9.17) is 0 Å². The first kappa shape index (κ1) is 16.8. The van der Waals surface area contributed by atoms with Gasteiger partial charge in [0.1, 0.15) is 5.69 Å². The van der Waals surface area contributed by atoms with Gasteiger partial charge in [-0.25, -0.2) is 4.98 Å². The van der Waals surface area contributed by atoms with Gasteiger partial charge >= 0.3 is 0 Å². The van der Waals surface area contributed by atoms with Gasteiger partial charge in [0.25, 0.3) is 11.8 Å². The lowest BCUT2D eigenvalue weighted by Gasteiger charge is -2.25. The van der Waals surface area contributed by atoms with E-state index in [1.807, 2.05) is 24.3 Å². The number of rotatable bonds is 4. The second kappa shape index (κ2) is 7.29. The average Bonchev–Trinajstić information content (AvgIpc) is 3.20.